The van der Waals surface area contributed by atoms with Gasteiger partial charge in [0.05, 0.1) is 0 Å². The quantitative estimate of drug-likeness (QED) is 0.345. The molecule has 0 spiro atoms. The molecule has 0 unspecified atom stereocenters. The van der Waals surface area contributed by atoms with Crippen LogP contribution in [0, 0.1) is 23.6 Å². The molecule has 1 saturated carbocycles. The molecular weight excluding hydrogens is 359 g/mol. The lowest BCUT2D eigenvalue weighted by Crippen LogP contribution is -2.14. The molecule has 2 aromatic rings. The number of unbranched alkanes of at least 4 members (excludes halogenated alkanes) is 2. The van der Waals surface area contributed by atoms with Crippen LogP contribution in [-0.4, -0.2) is 4.98 Å². The van der Waals surface area contributed by atoms with E-state index in [0.29, 0.717) is 18.3 Å². The summed E-state index contributed by atoms with van der Waals surface area (Å²) in [6.45, 7) is 2.23. The number of hydrogen-bond donors (Lipinski definition) is 0. The van der Waals surface area contributed by atoms with Crippen molar-refractivity contribution in [2.45, 2.75) is 77.0 Å². The van der Waals surface area contributed by atoms with Gasteiger partial charge in [0, 0.05) is 5.56 Å². The molecule has 0 bridgehead atoms. The molecular formula is C24H30F3N. The third-order valence-electron chi connectivity index (χ3n) is 6.15. The highest BCUT2D eigenvalue weighted by Crippen LogP contribution is 2.37. The van der Waals surface area contributed by atoms with Crippen molar-refractivity contribution in [3.63, 3.8) is 0 Å². The number of halogens is 3. The Balaban J connectivity index is 1.46. The summed E-state index contributed by atoms with van der Waals surface area (Å²) >= 11 is 0. The maximum atomic E-state index is 13.7. The van der Waals surface area contributed by atoms with E-state index in [2.05, 4.69) is 36.2 Å². The summed E-state index contributed by atoms with van der Waals surface area (Å²) in [5.41, 5.74) is 3.03. The molecule has 1 aliphatic carbocycles. The van der Waals surface area contributed by atoms with Crippen LogP contribution in [0.5, 0.6) is 0 Å². The average molecular weight is 390 g/mol. The van der Waals surface area contributed by atoms with Crippen LogP contribution < -0.4 is 0 Å². The van der Waals surface area contributed by atoms with Gasteiger partial charge in [-0.2, -0.15) is 13.8 Å². The summed E-state index contributed by atoms with van der Waals surface area (Å²) in [6, 6.07) is 10.1. The topological polar surface area (TPSA) is 12.9 Å². The molecule has 0 amide bonds. The van der Waals surface area contributed by atoms with Gasteiger partial charge >= 0.3 is 0 Å². The molecule has 1 aromatic carbocycles. The van der Waals surface area contributed by atoms with Crippen LogP contribution in [0.3, 0.4) is 0 Å². The first-order chi connectivity index (χ1) is 13.6. The molecule has 0 radical (unpaired) electrons. The molecule has 1 aromatic heterocycles. The third-order valence-corrected chi connectivity index (χ3v) is 6.15. The van der Waals surface area contributed by atoms with Crippen molar-refractivity contribution in [2.75, 3.05) is 0 Å². The van der Waals surface area contributed by atoms with E-state index in [-0.39, 0.29) is 5.56 Å². The van der Waals surface area contributed by atoms with Crippen LogP contribution in [0.4, 0.5) is 13.2 Å². The standard InChI is InChI=1S/C24H30F3N/c1-2-3-4-5-17-6-11-19(12-7-17)20-13-8-18(9-14-20)10-15-21-16-22(25)24(27)28-23(21)26/h6-7,11-12,16,18,20H,2-5,8-10,13-15H2,1H3. The zero-order chi connectivity index (χ0) is 19.9. The molecule has 28 heavy (non-hydrogen) atoms. The van der Waals surface area contributed by atoms with E-state index in [1.807, 2.05) is 0 Å². The van der Waals surface area contributed by atoms with E-state index < -0.39 is 17.7 Å². The number of aryl methyl sites for hydroxylation is 2. The summed E-state index contributed by atoms with van der Waals surface area (Å²) in [5.74, 6) is -2.21. The van der Waals surface area contributed by atoms with Gasteiger partial charge in [0.25, 0.3) is 5.95 Å². The van der Waals surface area contributed by atoms with E-state index in [1.165, 1.54) is 30.4 Å². The van der Waals surface area contributed by atoms with E-state index in [4.69, 9.17) is 0 Å². The fourth-order valence-electron chi connectivity index (χ4n) is 4.34. The van der Waals surface area contributed by atoms with Crippen molar-refractivity contribution in [3.8, 4) is 0 Å². The van der Waals surface area contributed by atoms with Crippen molar-refractivity contribution in [2.24, 2.45) is 5.92 Å². The van der Waals surface area contributed by atoms with Crippen LogP contribution >= 0.6 is 0 Å². The van der Waals surface area contributed by atoms with Crippen molar-refractivity contribution in [1.29, 1.82) is 0 Å². The highest BCUT2D eigenvalue weighted by molar-refractivity contribution is 5.26. The van der Waals surface area contributed by atoms with Crippen LogP contribution in [0.1, 0.15) is 80.9 Å². The molecule has 1 fully saturated rings. The fourth-order valence-corrected chi connectivity index (χ4v) is 4.34. The highest BCUT2D eigenvalue weighted by atomic mass is 19.2. The van der Waals surface area contributed by atoms with Crippen molar-refractivity contribution in [3.05, 3.63) is 64.7 Å². The number of nitrogens with zero attached hydrogens (tertiary/aromatic N) is 1. The Morgan fingerprint density at radius 3 is 2.29 bits per heavy atom. The minimum absolute atomic E-state index is 0.180. The Morgan fingerprint density at radius 1 is 0.893 bits per heavy atom. The van der Waals surface area contributed by atoms with Gasteiger partial charge < -0.3 is 0 Å². The molecule has 1 heterocycles. The second-order valence-electron chi connectivity index (χ2n) is 8.17. The molecule has 4 heteroatoms. The van der Waals surface area contributed by atoms with E-state index in [9.17, 15) is 13.2 Å². The van der Waals surface area contributed by atoms with Gasteiger partial charge in [-0.1, -0.05) is 44.0 Å². The second kappa shape index (κ2) is 10.1. The largest absolute Gasteiger partial charge is 0.251 e. The maximum Gasteiger partial charge on any atom is 0.251 e. The lowest BCUT2D eigenvalue weighted by atomic mass is 9.77. The first-order valence-electron chi connectivity index (χ1n) is 10.7. The molecule has 0 N–H and O–H groups in total. The van der Waals surface area contributed by atoms with E-state index >= 15 is 0 Å². The number of pyridine rings is 1. The molecule has 3 rings (SSSR count). The monoisotopic (exact) mass is 389 g/mol. The summed E-state index contributed by atoms with van der Waals surface area (Å²) in [7, 11) is 0. The molecule has 152 valence electrons. The van der Waals surface area contributed by atoms with Crippen LogP contribution in [-0.2, 0) is 12.8 Å². The van der Waals surface area contributed by atoms with Gasteiger partial charge in [0.1, 0.15) is 0 Å². The first-order valence-corrected chi connectivity index (χ1v) is 10.7. The Labute approximate surface area is 166 Å². The van der Waals surface area contributed by atoms with Gasteiger partial charge in [-0.3, -0.25) is 0 Å². The van der Waals surface area contributed by atoms with E-state index in [0.717, 1.165) is 44.6 Å². The Morgan fingerprint density at radius 2 is 1.61 bits per heavy atom. The van der Waals surface area contributed by atoms with Crippen LogP contribution in [0.2, 0.25) is 0 Å². The number of aromatic nitrogens is 1. The summed E-state index contributed by atoms with van der Waals surface area (Å²) in [5, 5.41) is 0. The lowest BCUT2D eigenvalue weighted by Gasteiger charge is -2.29. The molecule has 0 aliphatic heterocycles. The fraction of sp³-hybridized carbons (Fsp3) is 0.542. The van der Waals surface area contributed by atoms with Gasteiger partial charge in [-0.05, 0) is 80.4 Å². The number of hydrogen-bond acceptors (Lipinski definition) is 1. The first kappa shape index (κ1) is 20.9. The molecule has 1 aliphatic rings. The number of benzene rings is 1. The highest BCUT2D eigenvalue weighted by Gasteiger charge is 2.23. The van der Waals surface area contributed by atoms with Gasteiger partial charge in [0.15, 0.2) is 5.82 Å². The third kappa shape index (κ3) is 5.59. The predicted molar refractivity (Wildman–Crippen MR) is 107 cm³/mol. The molecule has 0 atom stereocenters. The molecule has 0 saturated heterocycles. The van der Waals surface area contributed by atoms with Crippen molar-refractivity contribution in [1.82, 2.24) is 4.98 Å². The SMILES string of the molecule is CCCCCc1ccc(C2CCC(CCc3cc(F)c(F)nc3F)CC2)cc1. The average Bonchev–Trinajstić information content (AvgIpc) is 2.71. The Kier molecular flexibility index (Phi) is 7.52. The minimum atomic E-state index is -1.36. The number of rotatable bonds is 8. The van der Waals surface area contributed by atoms with Crippen molar-refractivity contribution < 1.29 is 13.2 Å². The van der Waals surface area contributed by atoms with E-state index in [1.54, 1.807) is 0 Å². The maximum absolute atomic E-state index is 13.7. The van der Waals surface area contributed by atoms with Crippen LogP contribution in [0.25, 0.3) is 0 Å². The van der Waals surface area contributed by atoms with Gasteiger partial charge in [0.2, 0.25) is 5.95 Å². The molecule has 1 nitrogen and oxygen atoms in total. The summed E-state index contributed by atoms with van der Waals surface area (Å²) in [4.78, 5) is 3.01. The van der Waals surface area contributed by atoms with Gasteiger partial charge in [-0.15, -0.1) is 0 Å². The predicted octanol–water partition coefficient (Wildman–Crippen LogP) is 7.14. The smallest absolute Gasteiger partial charge is 0.202 e. The summed E-state index contributed by atoms with van der Waals surface area (Å²) < 4.78 is 39.9. The summed E-state index contributed by atoms with van der Waals surface area (Å²) in [6.07, 6.45) is 10.6. The minimum Gasteiger partial charge on any atom is -0.202 e. The lowest BCUT2D eigenvalue weighted by molar-refractivity contribution is 0.308. The Bertz CT molecular complexity index is 749. The van der Waals surface area contributed by atoms with Crippen LogP contribution in [0.15, 0.2) is 30.3 Å². The van der Waals surface area contributed by atoms with Gasteiger partial charge in [-0.25, -0.2) is 4.39 Å². The normalized spacial score (nSPS) is 19.7. The van der Waals surface area contributed by atoms with Crippen molar-refractivity contribution >= 4 is 0 Å². The second-order valence-corrected chi connectivity index (χ2v) is 8.17. The zero-order valence-electron chi connectivity index (χ0n) is 16.7. The zero-order valence-corrected chi connectivity index (χ0v) is 16.7. The Hall–Kier alpha value is -1.84.